The van der Waals surface area contributed by atoms with Gasteiger partial charge in [-0.25, -0.2) is 0 Å². The summed E-state index contributed by atoms with van der Waals surface area (Å²) in [5, 5.41) is 0. The van der Waals surface area contributed by atoms with Crippen molar-refractivity contribution in [3.8, 4) is 0 Å². The first-order chi connectivity index (χ1) is 9.61. The van der Waals surface area contributed by atoms with Gasteiger partial charge in [-0.05, 0) is 41.5 Å². The molecule has 0 aliphatic carbocycles. The molecule has 0 amide bonds. The van der Waals surface area contributed by atoms with E-state index in [0.29, 0.717) is 5.92 Å². The normalized spacial score (nSPS) is 10.8. The summed E-state index contributed by atoms with van der Waals surface area (Å²) in [5.41, 5.74) is 2.77. The number of carbonyl (C=O) groups is 1. The second kappa shape index (κ2) is 6.76. The Morgan fingerprint density at radius 2 is 1.45 bits per heavy atom. The van der Waals surface area contributed by atoms with Crippen LogP contribution in [0.5, 0.6) is 0 Å². The van der Waals surface area contributed by atoms with E-state index in [1.807, 2.05) is 48.5 Å². The first-order valence-corrected chi connectivity index (χ1v) is 7.98. The van der Waals surface area contributed by atoms with E-state index in [0.717, 1.165) is 16.9 Å². The van der Waals surface area contributed by atoms with Gasteiger partial charge in [-0.15, -0.1) is 11.8 Å². The van der Waals surface area contributed by atoms with Crippen molar-refractivity contribution in [3.63, 3.8) is 0 Å². The van der Waals surface area contributed by atoms with Crippen molar-refractivity contribution in [1.29, 1.82) is 0 Å². The van der Waals surface area contributed by atoms with Crippen LogP contribution in [0.25, 0.3) is 0 Å². The molecule has 20 heavy (non-hydrogen) atoms. The van der Waals surface area contributed by atoms with Crippen LogP contribution in [0, 0.1) is 0 Å². The maximum absolute atomic E-state index is 12.4. The quantitative estimate of drug-likeness (QED) is 0.557. The molecule has 2 heteroatoms. The molecule has 2 rings (SSSR count). The highest BCUT2D eigenvalue weighted by Gasteiger charge is 2.09. The largest absolute Gasteiger partial charge is 0.289 e. The number of rotatable bonds is 5. The molecular weight excluding hydrogens is 264 g/mol. The summed E-state index contributed by atoms with van der Waals surface area (Å²) in [6.45, 7) is 6.43. The minimum Gasteiger partial charge on any atom is -0.289 e. The van der Waals surface area contributed by atoms with Crippen molar-refractivity contribution in [3.05, 3.63) is 65.2 Å². The standard InChI is InChI=1S/C18H20OS/c1-4-20-17-11-9-16(10-12-17)18(19)15-7-5-14(6-8-15)13(2)3/h5-13H,4H2,1-3H3. The zero-order valence-corrected chi connectivity index (χ0v) is 13.0. The number of carbonyl (C=O) groups excluding carboxylic acids is 1. The Hall–Kier alpha value is -1.54. The molecule has 0 atom stereocenters. The molecule has 0 N–H and O–H groups in total. The highest BCUT2D eigenvalue weighted by molar-refractivity contribution is 7.99. The van der Waals surface area contributed by atoms with Crippen molar-refractivity contribution in [2.45, 2.75) is 31.6 Å². The Kier molecular flexibility index (Phi) is 5.02. The fourth-order valence-corrected chi connectivity index (χ4v) is 2.72. The monoisotopic (exact) mass is 284 g/mol. The van der Waals surface area contributed by atoms with Crippen LogP contribution in [0.1, 0.15) is 48.2 Å². The molecule has 0 bridgehead atoms. The van der Waals surface area contributed by atoms with E-state index in [4.69, 9.17) is 0 Å². The predicted octanol–water partition coefficient (Wildman–Crippen LogP) is 5.15. The first-order valence-electron chi connectivity index (χ1n) is 6.99. The number of hydrogen-bond donors (Lipinski definition) is 0. The lowest BCUT2D eigenvalue weighted by atomic mass is 9.98. The van der Waals surface area contributed by atoms with Gasteiger partial charge in [0.1, 0.15) is 0 Å². The summed E-state index contributed by atoms with van der Waals surface area (Å²) in [4.78, 5) is 13.6. The van der Waals surface area contributed by atoms with Crippen LogP contribution >= 0.6 is 11.8 Å². The van der Waals surface area contributed by atoms with Crippen LogP contribution in [0.2, 0.25) is 0 Å². The summed E-state index contributed by atoms with van der Waals surface area (Å²) in [5.74, 6) is 1.63. The number of thioether (sulfide) groups is 1. The highest BCUT2D eigenvalue weighted by Crippen LogP contribution is 2.20. The average molecular weight is 284 g/mol. The van der Waals surface area contributed by atoms with Gasteiger partial charge < -0.3 is 0 Å². The van der Waals surface area contributed by atoms with Crippen molar-refractivity contribution < 1.29 is 4.79 Å². The van der Waals surface area contributed by atoms with E-state index in [1.54, 1.807) is 11.8 Å². The molecule has 0 aromatic heterocycles. The molecule has 0 heterocycles. The topological polar surface area (TPSA) is 17.1 Å². The van der Waals surface area contributed by atoms with Crippen molar-refractivity contribution in [2.24, 2.45) is 0 Å². The van der Waals surface area contributed by atoms with Gasteiger partial charge in [-0.2, -0.15) is 0 Å². The molecule has 2 aromatic carbocycles. The number of ketones is 1. The van der Waals surface area contributed by atoms with Crippen molar-refractivity contribution >= 4 is 17.5 Å². The molecule has 0 radical (unpaired) electrons. The molecule has 0 spiro atoms. The molecule has 0 aliphatic heterocycles. The van der Waals surface area contributed by atoms with E-state index in [9.17, 15) is 4.79 Å². The van der Waals surface area contributed by atoms with Crippen LogP contribution in [0.4, 0.5) is 0 Å². The van der Waals surface area contributed by atoms with Gasteiger partial charge in [0.15, 0.2) is 5.78 Å². The van der Waals surface area contributed by atoms with Gasteiger partial charge in [-0.1, -0.05) is 45.0 Å². The van der Waals surface area contributed by atoms with Gasteiger partial charge in [0, 0.05) is 16.0 Å². The minimum absolute atomic E-state index is 0.0911. The van der Waals surface area contributed by atoms with Gasteiger partial charge in [0.25, 0.3) is 0 Å². The van der Waals surface area contributed by atoms with Gasteiger partial charge >= 0.3 is 0 Å². The molecule has 104 valence electrons. The zero-order chi connectivity index (χ0) is 14.5. The smallest absolute Gasteiger partial charge is 0.193 e. The fraction of sp³-hybridized carbons (Fsp3) is 0.278. The van der Waals surface area contributed by atoms with E-state index >= 15 is 0 Å². The van der Waals surface area contributed by atoms with E-state index in [-0.39, 0.29) is 5.78 Å². The molecular formula is C18H20OS. The zero-order valence-electron chi connectivity index (χ0n) is 12.2. The van der Waals surface area contributed by atoms with Crippen molar-refractivity contribution in [1.82, 2.24) is 0 Å². The second-order valence-electron chi connectivity index (χ2n) is 5.06. The van der Waals surface area contributed by atoms with Crippen molar-refractivity contribution in [2.75, 3.05) is 5.75 Å². The van der Waals surface area contributed by atoms with Crippen LogP contribution in [0.3, 0.4) is 0 Å². The van der Waals surface area contributed by atoms with Gasteiger partial charge in [0.05, 0.1) is 0 Å². The Bertz CT molecular complexity index is 567. The molecule has 0 fully saturated rings. The number of hydrogen-bond acceptors (Lipinski definition) is 2. The van der Waals surface area contributed by atoms with E-state index in [1.165, 1.54) is 10.5 Å². The Morgan fingerprint density at radius 3 is 1.90 bits per heavy atom. The summed E-state index contributed by atoms with van der Waals surface area (Å²) in [6.07, 6.45) is 0. The minimum atomic E-state index is 0.0911. The third-order valence-electron chi connectivity index (χ3n) is 3.27. The van der Waals surface area contributed by atoms with Crippen LogP contribution in [0.15, 0.2) is 53.4 Å². The third-order valence-corrected chi connectivity index (χ3v) is 4.16. The van der Waals surface area contributed by atoms with Gasteiger partial charge in [0.2, 0.25) is 0 Å². The molecule has 0 unspecified atom stereocenters. The maximum Gasteiger partial charge on any atom is 0.193 e. The summed E-state index contributed by atoms with van der Waals surface area (Å²) in [7, 11) is 0. The van der Waals surface area contributed by atoms with Gasteiger partial charge in [-0.3, -0.25) is 4.79 Å². The third kappa shape index (κ3) is 3.51. The first kappa shape index (κ1) is 14.9. The summed E-state index contributed by atoms with van der Waals surface area (Å²) < 4.78 is 0. The molecule has 2 aromatic rings. The Morgan fingerprint density at radius 1 is 0.950 bits per heavy atom. The molecule has 0 saturated carbocycles. The molecule has 0 aliphatic rings. The SMILES string of the molecule is CCSc1ccc(C(=O)c2ccc(C(C)C)cc2)cc1. The summed E-state index contributed by atoms with van der Waals surface area (Å²) >= 11 is 1.79. The lowest BCUT2D eigenvalue weighted by molar-refractivity contribution is 0.103. The Labute approximate surface area is 125 Å². The average Bonchev–Trinajstić information content (AvgIpc) is 2.48. The van der Waals surface area contributed by atoms with E-state index in [2.05, 4.69) is 20.8 Å². The second-order valence-corrected chi connectivity index (χ2v) is 6.40. The fourth-order valence-electron chi connectivity index (χ4n) is 2.06. The summed E-state index contributed by atoms with van der Waals surface area (Å²) in [6, 6.07) is 15.8. The molecule has 1 nitrogen and oxygen atoms in total. The van der Waals surface area contributed by atoms with Crippen LogP contribution in [-0.4, -0.2) is 11.5 Å². The predicted molar refractivity (Wildman–Crippen MR) is 86.8 cm³/mol. The molecule has 0 saturated heterocycles. The van der Waals surface area contributed by atoms with Crippen LogP contribution < -0.4 is 0 Å². The number of benzene rings is 2. The van der Waals surface area contributed by atoms with Crippen LogP contribution in [-0.2, 0) is 0 Å². The lowest BCUT2D eigenvalue weighted by Crippen LogP contribution is -2.01. The van der Waals surface area contributed by atoms with E-state index < -0.39 is 0 Å². The Balaban J connectivity index is 2.17. The highest BCUT2D eigenvalue weighted by atomic mass is 32.2. The lowest BCUT2D eigenvalue weighted by Gasteiger charge is -2.07. The maximum atomic E-state index is 12.4.